The Kier molecular flexibility index (Phi) is 7.06. The van der Waals surface area contributed by atoms with Crippen LogP contribution in [-0.2, 0) is 24.3 Å². The Labute approximate surface area is 172 Å². The second-order valence-electron chi connectivity index (χ2n) is 7.18. The van der Waals surface area contributed by atoms with E-state index < -0.39 is 0 Å². The Morgan fingerprint density at radius 3 is 2.62 bits per heavy atom. The summed E-state index contributed by atoms with van der Waals surface area (Å²) >= 11 is 0. The molecule has 0 atom stereocenters. The number of nitrogens with one attached hydrogen (secondary N) is 1. The number of carbonyl (C=O) groups excluding carboxylic acids is 1. The summed E-state index contributed by atoms with van der Waals surface area (Å²) < 4.78 is 8.04. The van der Waals surface area contributed by atoms with E-state index in [1.807, 2.05) is 30.3 Å². The summed E-state index contributed by atoms with van der Waals surface area (Å²) in [6.07, 6.45) is 2.95. The molecule has 0 unspecified atom stereocenters. The first-order valence-corrected chi connectivity index (χ1v) is 10.2. The van der Waals surface area contributed by atoms with Gasteiger partial charge in [0.1, 0.15) is 11.6 Å². The number of nitrogens with zero attached hydrogens (tertiary/aromatic N) is 2. The molecule has 152 valence electrons. The molecule has 3 aromatic rings. The number of carbonyl (C=O) groups is 1. The van der Waals surface area contributed by atoms with Gasteiger partial charge in [-0.2, -0.15) is 0 Å². The summed E-state index contributed by atoms with van der Waals surface area (Å²) in [4.78, 5) is 16.5. The van der Waals surface area contributed by atoms with Crippen LogP contribution < -0.4 is 10.1 Å². The van der Waals surface area contributed by atoms with Gasteiger partial charge in [-0.3, -0.25) is 4.79 Å². The van der Waals surface area contributed by atoms with Gasteiger partial charge in [0.15, 0.2) is 0 Å². The predicted molar refractivity (Wildman–Crippen MR) is 117 cm³/mol. The third-order valence-electron chi connectivity index (χ3n) is 4.90. The van der Waals surface area contributed by atoms with Gasteiger partial charge in [-0.25, -0.2) is 4.98 Å². The van der Waals surface area contributed by atoms with Crippen LogP contribution in [0.15, 0.2) is 60.7 Å². The van der Waals surface area contributed by atoms with E-state index in [0.717, 1.165) is 48.4 Å². The first-order chi connectivity index (χ1) is 14.1. The molecule has 5 heteroatoms. The fourth-order valence-corrected chi connectivity index (χ4v) is 3.20. The lowest BCUT2D eigenvalue weighted by Crippen LogP contribution is -2.25. The highest BCUT2D eigenvalue weighted by Gasteiger charge is 2.11. The van der Waals surface area contributed by atoms with Gasteiger partial charge in [0.2, 0.25) is 5.91 Å². The minimum atomic E-state index is -0.147. The van der Waals surface area contributed by atoms with Crippen LogP contribution in [0.4, 0.5) is 0 Å². The summed E-state index contributed by atoms with van der Waals surface area (Å²) in [6, 6.07) is 16.3. The lowest BCUT2D eigenvalue weighted by molar-refractivity contribution is -0.117. The van der Waals surface area contributed by atoms with Crippen molar-refractivity contribution in [1.82, 2.24) is 14.9 Å². The first-order valence-electron chi connectivity index (χ1n) is 10.2. The van der Waals surface area contributed by atoms with E-state index in [1.165, 1.54) is 5.56 Å². The first kappa shape index (κ1) is 20.6. The number of amides is 1. The largest absolute Gasteiger partial charge is 0.494 e. The normalized spacial score (nSPS) is 10.8. The predicted octanol–water partition coefficient (Wildman–Crippen LogP) is 4.65. The molecular weight excluding hydrogens is 362 g/mol. The maximum Gasteiger partial charge on any atom is 0.246 e. The van der Waals surface area contributed by atoms with Crippen molar-refractivity contribution in [3.8, 4) is 5.75 Å². The number of aryl methyl sites for hydroxylation is 2. The molecule has 3 rings (SSSR count). The van der Waals surface area contributed by atoms with E-state index in [4.69, 9.17) is 9.72 Å². The van der Waals surface area contributed by atoms with Crippen LogP contribution in [0.3, 0.4) is 0 Å². The molecule has 1 heterocycles. The molecule has 1 N–H and O–H groups in total. The summed E-state index contributed by atoms with van der Waals surface area (Å²) in [5.74, 6) is 1.63. The average Bonchev–Trinajstić information content (AvgIpc) is 3.09. The zero-order chi connectivity index (χ0) is 20.6. The Balaban J connectivity index is 1.57. The average molecular weight is 392 g/mol. The smallest absolute Gasteiger partial charge is 0.246 e. The molecule has 0 saturated heterocycles. The molecule has 0 bridgehead atoms. The van der Waals surface area contributed by atoms with Crippen molar-refractivity contribution in [3.63, 3.8) is 0 Å². The lowest BCUT2D eigenvalue weighted by atomic mass is 10.2. The standard InChI is InChI=1S/C24H29N3O2/c1-4-19-11-13-20(14-12-19)29-16-8-7-15-27-22-10-6-5-9-21(22)26-23(27)17-25-24(28)18(2)3/h5-6,9-14H,2,4,7-8,15-17H2,1,3H3,(H,25,28). The lowest BCUT2D eigenvalue weighted by Gasteiger charge is -2.11. The van der Waals surface area contributed by atoms with E-state index in [-0.39, 0.29) is 5.91 Å². The van der Waals surface area contributed by atoms with Crippen LogP contribution in [0.25, 0.3) is 11.0 Å². The zero-order valence-corrected chi connectivity index (χ0v) is 17.3. The Hall–Kier alpha value is -3.08. The van der Waals surface area contributed by atoms with Crippen molar-refractivity contribution in [2.75, 3.05) is 6.61 Å². The molecule has 0 saturated carbocycles. The van der Waals surface area contributed by atoms with Gasteiger partial charge in [-0.1, -0.05) is 37.8 Å². The van der Waals surface area contributed by atoms with Crippen LogP contribution >= 0.6 is 0 Å². The monoisotopic (exact) mass is 391 g/mol. The maximum atomic E-state index is 11.9. The van der Waals surface area contributed by atoms with Crippen molar-refractivity contribution < 1.29 is 9.53 Å². The minimum absolute atomic E-state index is 0.147. The molecule has 5 nitrogen and oxygen atoms in total. The second-order valence-corrected chi connectivity index (χ2v) is 7.18. The number of rotatable bonds is 10. The Bertz CT molecular complexity index is 973. The Morgan fingerprint density at radius 1 is 1.14 bits per heavy atom. The third-order valence-corrected chi connectivity index (χ3v) is 4.90. The van der Waals surface area contributed by atoms with Crippen molar-refractivity contribution in [2.24, 2.45) is 0 Å². The number of imidazole rings is 1. The van der Waals surface area contributed by atoms with E-state index in [2.05, 4.69) is 41.6 Å². The summed E-state index contributed by atoms with van der Waals surface area (Å²) in [5.41, 5.74) is 3.84. The molecule has 0 aliphatic carbocycles. The number of para-hydroxylation sites is 2. The maximum absolute atomic E-state index is 11.9. The molecule has 1 aromatic heterocycles. The fraction of sp³-hybridized carbons (Fsp3) is 0.333. The fourth-order valence-electron chi connectivity index (χ4n) is 3.20. The molecule has 0 spiro atoms. The molecule has 2 aromatic carbocycles. The van der Waals surface area contributed by atoms with Gasteiger partial charge in [0.25, 0.3) is 0 Å². The molecule has 0 radical (unpaired) electrons. The van der Waals surface area contributed by atoms with Crippen LogP contribution in [0.2, 0.25) is 0 Å². The van der Waals surface area contributed by atoms with Crippen molar-refractivity contribution in [2.45, 2.75) is 46.2 Å². The van der Waals surface area contributed by atoms with E-state index >= 15 is 0 Å². The number of hydrogen-bond donors (Lipinski definition) is 1. The SMILES string of the molecule is C=C(C)C(=O)NCc1nc2ccccc2n1CCCCOc1ccc(CC)cc1. The number of benzene rings is 2. The highest BCUT2D eigenvalue weighted by atomic mass is 16.5. The molecule has 29 heavy (non-hydrogen) atoms. The van der Waals surface area contributed by atoms with Gasteiger partial charge in [0, 0.05) is 12.1 Å². The van der Waals surface area contributed by atoms with E-state index in [9.17, 15) is 4.79 Å². The van der Waals surface area contributed by atoms with Crippen LogP contribution in [0.5, 0.6) is 5.75 Å². The number of unbranched alkanes of at least 4 members (excludes halogenated alkanes) is 1. The molecule has 0 aliphatic heterocycles. The molecular formula is C24H29N3O2. The number of hydrogen-bond acceptors (Lipinski definition) is 3. The third kappa shape index (κ3) is 5.47. The molecule has 0 aliphatic rings. The van der Waals surface area contributed by atoms with Crippen molar-refractivity contribution >= 4 is 16.9 Å². The van der Waals surface area contributed by atoms with E-state index in [0.29, 0.717) is 18.7 Å². The van der Waals surface area contributed by atoms with Gasteiger partial charge in [0.05, 0.1) is 24.2 Å². The number of ether oxygens (including phenoxy) is 1. The minimum Gasteiger partial charge on any atom is -0.494 e. The van der Waals surface area contributed by atoms with Crippen LogP contribution in [0.1, 0.15) is 38.1 Å². The topological polar surface area (TPSA) is 56.2 Å². The van der Waals surface area contributed by atoms with Crippen LogP contribution in [-0.4, -0.2) is 22.1 Å². The van der Waals surface area contributed by atoms with E-state index in [1.54, 1.807) is 6.92 Å². The van der Waals surface area contributed by atoms with Crippen molar-refractivity contribution in [1.29, 1.82) is 0 Å². The van der Waals surface area contributed by atoms with Gasteiger partial charge in [-0.15, -0.1) is 0 Å². The quantitative estimate of drug-likeness (QED) is 0.404. The highest BCUT2D eigenvalue weighted by Crippen LogP contribution is 2.18. The Morgan fingerprint density at radius 2 is 1.90 bits per heavy atom. The summed E-state index contributed by atoms with van der Waals surface area (Å²) in [7, 11) is 0. The number of aromatic nitrogens is 2. The summed E-state index contributed by atoms with van der Waals surface area (Å²) in [5, 5.41) is 2.89. The second kappa shape index (κ2) is 9.92. The highest BCUT2D eigenvalue weighted by molar-refractivity contribution is 5.92. The molecule has 0 fully saturated rings. The van der Waals surface area contributed by atoms with Gasteiger partial charge < -0.3 is 14.6 Å². The summed E-state index contributed by atoms with van der Waals surface area (Å²) in [6.45, 7) is 9.43. The van der Waals surface area contributed by atoms with Gasteiger partial charge in [-0.05, 0) is 56.0 Å². The molecule has 1 amide bonds. The number of fused-ring (bicyclic) bond motifs is 1. The van der Waals surface area contributed by atoms with Crippen molar-refractivity contribution in [3.05, 3.63) is 72.1 Å². The van der Waals surface area contributed by atoms with Crippen LogP contribution in [0, 0.1) is 0 Å². The zero-order valence-electron chi connectivity index (χ0n) is 17.3. The van der Waals surface area contributed by atoms with Gasteiger partial charge >= 0.3 is 0 Å².